The average molecular weight is 239 g/mol. The number of hydrogen-bond acceptors (Lipinski definition) is 3. The smallest absolute Gasteiger partial charge is 0.123 e. The van der Waals surface area contributed by atoms with Crippen molar-refractivity contribution in [1.82, 2.24) is 4.90 Å². The van der Waals surface area contributed by atoms with Crippen LogP contribution >= 0.6 is 0 Å². The van der Waals surface area contributed by atoms with E-state index in [1.807, 2.05) is 6.92 Å². The lowest BCUT2D eigenvalue weighted by molar-refractivity contribution is 0.133. The van der Waals surface area contributed by atoms with E-state index in [0.717, 1.165) is 26.1 Å². The number of halogens is 1. The van der Waals surface area contributed by atoms with Crippen LogP contribution in [0.2, 0.25) is 0 Å². The molecular weight excluding hydrogens is 221 g/mol. The van der Waals surface area contributed by atoms with Crippen LogP contribution in [-0.4, -0.2) is 36.3 Å². The van der Waals surface area contributed by atoms with Crippen molar-refractivity contribution in [1.29, 1.82) is 0 Å². The number of phenols is 1. The largest absolute Gasteiger partial charge is 0.508 e. The summed E-state index contributed by atoms with van der Waals surface area (Å²) in [7, 11) is 0. The van der Waals surface area contributed by atoms with Gasteiger partial charge in [0.15, 0.2) is 0 Å². The summed E-state index contributed by atoms with van der Waals surface area (Å²) in [6.45, 7) is 5.19. The maximum Gasteiger partial charge on any atom is 0.123 e. The summed E-state index contributed by atoms with van der Waals surface area (Å²) in [4.78, 5) is 2.21. The van der Waals surface area contributed by atoms with E-state index in [2.05, 4.69) is 4.90 Å². The van der Waals surface area contributed by atoms with Crippen LogP contribution < -0.4 is 0 Å². The van der Waals surface area contributed by atoms with Crippen molar-refractivity contribution < 1.29 is 14.2 Å². The van der Waals surface area contributed by atoms with Crippen molar-refractivity contribution in [3.05, 3.63) is 29.6 Å². The highest BCUT2D eigenvalue weighted by Crippen LogP contribution is 2.29. The van der Waals surface area contributed by atoms with E-state index < -0.39 is 0 Å². The van der Waals surface area contributed by atoms with Gasteiger partial charge in [0.2, 0.25) is 0 Å². The minimum Gasteiger partial charge on any atom is -0.508 e. The van der Waals surface area contributed by atoms with E-state index in [1.54, 1.807) is 0 Å². The first-order valence-corrected chi connectivity index (χ1v) is 5.98. The Morgan fingerprint density at radius 2 is 2.18 bits per heavy atom. The lowest BCUT2D eigenvalue weighted by Gasteiger charge is -2.27. The average Bonchev–Trinajstić information content (AvgIpc) is 2.60. The van der Waals surface area contributed by atoms with Crippen LogP contribution in [0, 0.1) is 5.82 Å². The highest BCUT2D eigenvalue weighted by atomic mass is 19.1. The second kappa shape index (κ2) is 5.47. The van der Waals surface area contributed by atoms with Gasteiger partial charge in [0.1, 0.15) is 11.6 Å². The molecule has 1 atom stereocenters. The molecule has 17 heavy (non-hydrogen) atoms. The highest BCUT2D eigenvalue weighted by Gasteiger charge is 2.20. The molecule has 1 aromatic carbocycles. The Labute approximate surface area is 101 Å². The lowest BCUT2D eigenvalue weighted by Crippen LogP contribution is -2.29. The maximum absolute atomic E-state index is 13.2. The first kappa shape index (κ1) is 12.3. The van der Waals surface area contributed by atoms with Gasteiger partial charge in [-0.25, -0.2) is 4.39 Å². The molecule has 1 unspecified atom stereocenters. The number of nitrogens with zero attached hydrogens (tertiary/aromatic N) is 1. The van der Waals surface area contributed by atoms with Gasteiger partial charge in [-0.05, 0) is 31.5 Å². The van der Waals surface area contributed by atoms with Crippen molar-refractivity contribution >= 4 is 0 Å². The minimum absolute atomic E-state index is 0.00685. The van der Waals surface area contributed by atoms with Gasteiger partial charge in [0.05, 0.1) is 6.61 Å². The van der Waals surface area contributed by atoms with Gasteiger partial charge in [0.25, 0.3) is 0 Å². The predicted octanol–water partition coefficient (Wildman–Crippen LogP) is 2.31. The molecule has 0 bridgehead atoms. The zero-order valence-corrected chi connectivity index (χ0v) is 10.0. The minimum atomic E-state index is -0.310. The van der Waals surface area contributed by atoms with E-state index in [1.165, 1.54) is 18.2 Å². The van der Waals surface area contributed by atoms with Gasteiger partial charge in [0, 0.05) is 31.3 Å². The van der Waals surface area contributed by atoms with Crippen LogP contribution in [0.5, 0.6) is 5.75 Å². The van der Waals surface area contributed by atoms with Crippen molar-refractivity contribution in [2.75, 3.05) is 26.3 Å². The number of benzene rings is 1. The van der Waals surface area contributed by atoms with Crippen LogP contribution in [0.25, 0.3) is 0 Å². The molecule has 1 saturated heterocycles. The van der Waals surface area contributed by atoms with Crippen LogP contribution in [0.3, 0.4) is 0 Å². The Morgan fingerprint density at radius 3 is 3.00 bits per heavy atom. The number of phenolic OH excluding ortho intramolecular Hbond substituents is 1. The first-order valence-electron chi connectivity index (χ1n) is 5.98. The molecule has 1 N–H and O–H groups in total. The maximum atomic E-state index is 13.2. The summed E-state index contributed by atoms with van der Waals surface area (Å²) < 4.78 is 18.6. The third-order valence-corrected chi connectivity index (χ3v) is 3.24. The number of rotatable bonds is 2. The molecule has 0 radical (unpaired) electrons. The molecule has 1 heterocycles. The quantitative estimate of drug-likeness (QED) is 0.859. The zero-order valence-electron chi connectivity index (χ0n) is 10.0. The van der Waals surface area contributed by atoms with Crippen LogP contribution in [0.1, 0.15) is 24.9 Å². The predicted molar refractivity (Wildman–Crippen MR) is 63.5 cm³/mol. The molecule has 1 fully saturated rings. The summed E-state index contributed by atoms with van der Waals surface area (Å²) in [5.41, 5.74) is 0.645. The molecule has 0 amide bonds. The lowest BCUT2D eigenvalue weighted by atomic mass is 10.1. The molecule has 0 saturated carbocycles. The SMILES string of the molecule is CC(c1cc(F)ccc1O)N1CCCOCC1. The molecule has 0 aromatic heterocycles. The number of hydrogen-bond donors (Lipinski definition) is 1. The third-order valence-electron chi connectivity index (χ3n) is 3.24. The monoisotopic (exact) mass is 239 g/mol. The fourth-order valence-electron chi connectivity index (χ4n) is 2.21. The van der Waals surface area contributed by atoms with Crippen LogP contribution in [-0.2, 0) is 4.74 Å². The Balaban J connectivity index is 2.16. The third kappa shape index (κ3) is 2.96. The van der Waals surface area contributed by atoms with Gasteiger partial charge >= 0.3 is 0 Å². The number of ether oxygens (including phenoxy) is 1. The standard InChI is InChI=1S/C13H18FNO2/c1-10(15-5-2-7-17-8-6-15)12-9-11(14)3-4-13(12)16/h3-4,9-10,16H,2,5-8H2,1H3. The molecule has 4 heteroatoms. The van der Waals surface area contributed by atoms with Crippen molar-refractivity contribution in [3.63, 3.8) is 0 Å². The summed E-state index contributed by atoms with van der Waals surface area (Å²) in [6, 6.07) is 4.10. The van der Waals surface area contributed by atoms with Crippen molar-refractivity contribution in [2.45, 2.75) is 19.4 Å². The summed E-state index contributed by atoms with van der Waals surface area (Å²) >= 11 is 0. The van der Waals surface area contributed by atoms with Gasteiger partial charge in [-0.2, -0.15) is 0 Å². The zero-order chi connectivity index (χ0) is 12.3. The molecular formula is C13H18FNO2. The second-order valence-corrected chi connectivity index (χ2v) is 4.38. The van der Waals surface area contributed by atoms with Gasteiger partial charge < -0.3 is 9.84 Å². The van der Waals surface area contributed by atoms with Crippen LogP contribution in [0.15, 0.2) is 18.2 Å². The summed E-state index contributed by atoms with van der Waals surface area (Å²) in [6.07, 6.45) is 0.973. The number of aromatic hydroxyl groups is 1. The van der Waals surface area contributed by atoms with E-state index >= 15 is 0 Å². The molecule has 1 aliphatic rings. The molecule has 94 valence electrons. The molecule has 2 rings (SSSR count). The van der Waals surface area contributed by atoms with Gasteiger partial charge in [-0.1, -0.05) is 0 Å². The molecule has 0 spiro atoms. The van der Waals surface area contributed by atoms with E-state index in [9.17, 15) is 9.50 Å². The van der Waals surface area contributed by atoms with Crippen molar-refractivity contribution in [2.24, 2.45) is 0 Å². The Morgan fingerprint density at radius 1 is 1.35 bits per heavy atom. The topological polar surface area (TPSA) is 32.7 Å². The molecule has 1 aliphatic heterocycles. The highest BCUT2D eigenvalue weighted by molar-refractivity contribution is 5.34. The van der Waals surface area contributed by atoms with Gasteiger partial charge in [-0.15, -0.1) is 0 Å². The Kier molecular flexibility index (Phi) is 3.97. The first-order chi connectivity index (χ1) is 8.18. The molecule has 0 aliphatic carbocycles. The van der Waals surface area contributed by atoms with Gasteiger partial charge in [-0.3, -0.25) is 4.90 Å². The summed E-state index contributed by atoms with van der Waals surface area (Å²) in [5.74, 6) is -0.153. The normalized spacial score (nSPS) is 19.9. The molecule has 3 nitrogen and oxygen atoms in total. The summed E-state index contributed by atoms with van der Waals surface area (Å²) in [5, 5.41) is 9.78. The fourth-order valence-corrected chi connectivity index (χ4v) is 2.21. The van der Waals surface area contributed by atoms with E-state index in [-0.39, 0.29) is 17.6 Å². The fraction of sp³-hybridized carbons (Fsp3) is 0.538. The Hall–Kier alpha value is -1.13. The van der Waals surface area contributed by atoms with Crippen molar-refractivity contribution in [3.8, 4) is 5.75 Å². The van der Waals surface area contributed by atoms with E-state index in [0.29, 0.717) is 12.2 Å². The second-order valence-electron chi connectivity index (χ2n) is 4.38. The van der Waals surface area contributed by atoms with Crippen LogP contribution in [0.4, 0.5) is 4.39 Å². The Bertz CT molecular complexity index is 376. The van der Waals surface area contributed by atoms with E-state index in [4.69, 9.17) is 4.74 Å². The molecule has 1 aromatic rings.